The Kier molecular flexibility index (Phi) is 5.45. The topological polar surface area (TPSA) is 0 Å². The highest BCUT2D eigenvalue weighted by Gasteiger charge is 2.17. The molecule has 0 amide bonds. The number of hydrogen-bond donors (Lipinski definition) is 0. The lowest BCUT2D eigenvalue weighted by molar-refractivity contribution is 0.278. The molecule has 15 heavy (non-hydrogen) atoms. The van der Waals surface area contributed by atoms with E-state index in [4.69, 9.17) is 0 Å². The molecule has 0 unspecified atom stereocenters. The van der Waals surface area contributed by atoms with Crippen molar-refractivity contribution in [2.45, 2.75) is 45.4 Å². The highest BCUT2D eigenvalue weighted by Crippen LogP contribution is 2.31. The van der Waals surface area contributed by atoms with Crippen LogP contribution in [0.5, 0.6) is 0 Å². The van der Waals surface area contributed by atoms with Crippen LogP contribution < -0.4 is 0 Å². The van der Waals surface area contributed by atoms with Crippen LogP contribution in [-0.2, 0) is 0 Å². The lowest BCUT2D eigenvalue weighted by Crippen LogP contribution is -2.12. The van der Waals surface area contributed by atoms with Gasteiger partial charge in [-0.2, -0.15) is 0 Å². The van der Waals surface area contributed by atoms with Crippen molar-refractivity contribution < 1.29 is 0 Å². The van der Waals surface area contributed by atoms with Crippen molar-refractivity contribution in [1.82, 2.24) is 0 Å². The van der Waals surface area contributed by atoms with E-state index in [0.717, 1.165) is 18.3 Å². The first-order valence-corrected chi connectivity index (χ1v) is 6.19. The average molecular weight is 204 g/mol. The average Bonchev–Trinajstić information content (AvgIpc) is 2.25. The van der Waals surface area contributed by atoms with E-state index in [9.17, 15) is 0 Å². The van der Waals surface area contributed by atoms with Gasteiger partial charge in [0, 0.05) is 0 Å². The summed E-state index contributed by atoms with van der Waals surface area (Å²) in [6, 6.07) is 0. The summed E-state index contributed by atoms with van der Waals surface area (Å²) in [5.41, 5.74) is 1.24. The van der Waals surface area contributed by atoms with Crippen molar-refractivity contribution >= 4 is 0 Å². The molecule has 0 radical (unpaired) electrons. The highest BCUT2D eigenvalue weighted by molar-refractivity contribution is 5.17. The zero-order chi connectivity index (χ0) is 11.1. The van der Waals surface area contributed by atoms with Crippen LogP contribution in [0.25, 0.3) is 0 Å². The van der Waals surface area contributed by atoms with Crippen molar-refractivity contribution in [3.63, 3.8) is 0 Å². The zero-order valence-electron chi connectivity index (χ0n) is 10.0. The Morgan fingerprint density at radius 3 is 2.53 bits per heavy atom. The molecule has 1 rings (SSSR count). The first kappa shape index (κ1) is 12.3. The van der Waals surface area contributed by atoms with Crippen LogP contribution in [-0.4, -0.2) is 0 Å². The van der Waals surface area contributed by atoms with Crippen LogP contribution in [0.4, 0.5) is 0 Å². The molecule has 1 saturated carbocycles. The molecule has 0 saturated heterocycles. The smallest absolute Gasteiger partial charge is 0.0282 e. The molecule has 0 aromatic carbocycles. The van der Waals surface area contributed by atoms with E-state index in [-0.39, 0.29) is 0 Å². The Morgan fingerprint density at radius 1 is 1.27 bits per heavy atom. The first-order valence-electron chi connectivity index (χ1n) is 6.19. The molecule has 0 nitrogen and oxygen atoms in total. The van der Waals surface area contributed by atoms with Gasteiger partial charge in [0.1, 0.15) is 0 Å². The minimum Gasteiger partial charge on any atom is -0.0991 e. The number of hydrogen-bond acceptors (Lipinski definition) is 0. The van der Waals surface area contributed by atoms with E-state index in [2.05, 4.69) is 26.2 Å². The van der Waals surface area contributed by atoms with Crippen LogP contribution >= 0.6 is 0 Å². The Balaban J connectivity index is 2.17. The Hall–Kier alpha value is -0.780. The van der Waals surface area contributed by atoms with Gasteiger partial charge in [-0.15, -0.1) is 0 Å². The Labute approximate surface area is 94.8 Å². The summed E-state index contributed by atoms with van der Waals surface area (Å²) in [7, 11) is 0. The molecule has 0 bridgehead atoms. The van der Waals surface area contributed by atoms with Gasteiger partial charge in [0.2, 0.25) is 0 Å². The van der Waals surface area contributed by atoms with Crippen LogP contribution in [0, 0.1) is 11.8 Å². The molecule has 84 valence electrons. The quantitative estimate of drug-likeness (QED) is 0.559. The monoisotopic (exact) mass is 204 g/mol. The normalized spacial score (nSPS) is 26.7. The summed E-state index contributed by atoms with van der Waals surface area (Å²) in [5, 5.41) is 0. The second kappa shape index (κ2) is 6.66. The molecule has 0 spiro atoms. The third kappa shape index (κ3) is 5.01. The van der Waals surface area contributed by atoms with Gasteiger partial charge in [-0.1, -0.05) is 69.6 Å². The van der Waals surface area contributed by atoms with E-state index in [1.165, 1.54) is 37.7 Å². The molecule has 0 aromatic rings. The largest absolute Gasteiger partial charge is 0.0991 e. The second-order valence-electron chi connectivity index (χ2n) is 4.92. The van der Waals surface area contributed by atoms with E-state index >= 15 is 0 Å². The molecule has 0 heterocycles. The van der Waals surface area contributed by atoms with Crippen molar-refractivity contribution in [2.75, 3.05) is 0 Å². The molecular formula is C15H24. The molecule has 0 N–H and O–H groups in total. The maximum absolute atomic E-state index is 4.06. The summed E-state index contributed by atoms with van der Waals surface area (Å²) in [6.07, 6.45) is 14.1. The number of rotatable bonds is 5. The second-order valence-corrected chi connectivity index (χ2v) is 4.92. The molecular weight excluding hydrogens is 180 g/mol. The maximum atomic E-state index is 4.06. The predicted molar refractivity (Wildman–Crippen MR) is 68.8 cm³/mol. The SMILES string of the molecule is C=C/C=C\C(=C)CCC1CCC(C)CC1. The minimum absolute atomic E-state index is 0.954. The standard InChI is InChI=1S/C15H24/c1-4-5-6-13(2)7-10-15-11-8-14(3)9-12-15/h4-6,14-15H,1-2,7-12H2,3H3/b6-5-. The van der Waals surface area contributed by atoms with E-state index in [1.54, 1.807) is 0 Å². The van der Waals surface area contributed by atoms with Crippen LogP contribution in [0.1, 0.15) is 45.4 Å². The third-order valence-electron chi connectivity index (χ3n) is 3.48. The van der Waals surface area contributed by atoms with Gasteiger partial charge >= 0.3 is 0 Å². The van der Waals surface area contributed by atoms with Crippen molar-refractivity contribution in [1.29, 1.82) is 0 Å². The summed E-state index contributed by atoms with van der Waals surface area (Å²) < 4.78 is 0. The van der Waals surface area contributed by atoms with Crippen LogP contribution in [0.3, 0.4) is 0 Å². The molecule has 0 aliphatic heterocycles. The maximum Gasteiger partial charge on any atom is -0.0282 e. The van der Waals surface area contributed by atoms with Gasteiger partial charge in [0.25, 0.3) is 0 Å². The molecule has 1 aliphatic rings. The van der Waals surface area contributed by atoms with Gasteiger partial charge < -0.3 is 0 Å². The molecule has 1 aliphatic carbocycles. The highest BCUT2D eigenvalue weighted by atomic mass is 14.2. The zero-order valence-corrected chi connectivity index (χ0v) is 10.0. The van der Waals surface area contributed by atoms with Gasteiger partial charge in [0.05, 0.1) is 0 Å². The number of allylic oxidation sites excluding steroid dienone is 4. The third-order valence-corrected chi connectivity index (χ3v) is 3.48. The fourth-order valence-electron chi connectivity index (χ4n) is 2.29. The van der Waals surface area contributed by atoms with Crippen molar-refractivity contribution in [3.05, 3.63) is 37.0 Å². The lowest BCUT2D eigenvalue weighted by Gasteiger charge is -2.26. The molecule has 0 aromatic heterocycles. The summed E-state index contributed by atoms with van der Waals surface area (Å²) >= 11 is 0. The fourth-order valence-corrected chi connectivity index (χ4v) is 2.29. The molecule has 1 fully saturated rings. The summed E-state index contributed by atoms with van der Waals surface area (Å²) in [4.78, 5) is 0. The van der Waals surface area contributed by atoms with E-state index in [0.29, 0.717) is 0 Å². The van der Waals surface area contributed by atoms with Crippen LogP contribution in [0.2, 0.25) is 0 Å². The first-order chi connectivity index (χ1) is 7.22. The summed E-state index contributed by atoms with van der Waals surface area (Å²) in [5.74, 6) is 1.92. The van der Waals surface area contributed by atoms with Crippen molar-refractivity contribution in [3.8, 4) is 0 Å². The molecule has 0 atom stereocenters. The van der Waals surface area contributed by atoms with E-state index < -0.39 is 0 Å². The lowest BCUT2D eigenvalue weighted by atomic mass is 9.80. The minimum atomic E-state index is 0.954. The van der Waals surface area contributed by atoms with Gasteiger partial charge in [-0.3, -0.25) is 0 Å². The Morgan fingerprint density at radius 2 is 1.93 bits per heavy atom. The Bertz CT molecular complexity index is 226. The van der Waals surface area contributed by atoms with Crippen molar-refractivity contribution in [2.24, 2.45) is 11.8 Å². The fraction of sp³-hybridized carbons (Fsp3) is 0.600. The van der Waals surface area contributed by atoms with Gasteiger partial charge in [-0.05, 0) is 24.7 Å². The van der Waals surface area contributed by atoms with Gasteiger partial charge in [0.15, 0.2) is 0 Å². The van der Waals surface area contributed by atoms with Crippen LogP contribution in [0.15, 0.2) is 37.0 Å². The van der Waals surface area contributed by atoms with Gasteiger partial charge in [-0.25, -0.2) is 0 Å². The predicted octanol–water partition coefficient (Wildman–Crippen LogP) is 4.89. The summed E-state index contributed by atoms with van der Waals surface area (Å²) in [6.45, 7) is 10.1. The molecule has 0 heteroatoms. The van der Waals surface area contributed by atoms with E-state index in [1.807, 2.05) is 12.2 Å².